The van der Waals surface area contributed by atoms with Gasteiger partial charge in [0.2, 0.25) is 5.71 Å². The molecule has 1 aliphatic heterocycles. The number of anilines is 1. The van der Waals surface area contributed by atoms with Crippen molar-refractivity contribution in [3.63, 3.8) is 0 Å². The van der Waals surface area contributed by atoms with Crippen molar-refractivity contribution in [3.8, 4) is 0 Å². The number of hydrogen-bond donors (Lipinski definition) is 2. The zero-order chi connectivity index (χ0) is 19.5. The molecule has 4 heterocycles. The Morgan fingerprint density at radius 1 is 1.36 bits per heavy atom. The largest absolute Gasteiger partial charge is 0.442 e. The minimum atomic E-state index is -0.124. The van der Waals surface area contributed by atoms with Gasteiger partial charge in [0, 0.05) is 30.4 Å². The third-order valence-corrected chi connectivity index (χ3v) is 5.74. The lowest BCUT2D eigenvalue weighted by molar-refractivity contribution is 0.0734. The van der Waals surface area contributed by atoms with Gasteiger partial charge in [-0.05, 0) is 44.7 Å². The molecule has 3 aromatic rings. The molecule has 3 aromatic heterocycles. The molecule has 0 spiro atoms. The highest BCUT2D eigenvalue weighted by Crippen LogP contribution is 2.40. The molecule has 0 unspecified atom stereocenters. The Kier molecular flexibility index (Phi) is 3.59. The molecule has 0 radical (unpaired) electrons. The second kappa shape index (κ2) is 5.92. The molecule has 0 bridgehead atoms. The van der Waals surface area contributed by atoms with Gasteiger partial charge in [-0.3, -0.25) is 9.59 Å². The molecule has 1 amide bonds. The molecular weight excluding hydrogens is 358 g/mol. The summed E-state index contributed by atoms with van der Waals surface area (Å²) < 4.78 is 5.78. The van der Waals surface area contributed by atoms with Crippen LogP contribution in [0.1, 0.15) is 47.0 Å². The quantitative estimate of drug-likeness (QED) is 0.724. The van der Waals surface area contributed by atoms with Gasteiger partial charge in [-0.1, -0.05) is 0 Å². The van der Waals surface area contributed by atoms with Crippen LogP contribution >= 0.6 is 0 Å². The maximum absolute atomic E-state index is 13.4. The number of hydrogen-bond acceptors (Lipinski definition) is 6. The number of pyridine rings is 1. The first-order valence-corrected chi connectivity index (χ1v) is 9.46. The summed E-state index contributed by atoms with van der Waals surface area (Å²) in [6, 6.07) is 1.86. The predicted molar refractivity (Wildman–Crippen MR) is 103 cm³/mol. The first kappa shape index (κ1) is 17.0. The summed E-state index contributed by atoms with van der Waals surface area (Å²) in [6.07, 6.45) is 5.74. The molecule has 2 aliphatic rings. The summed E-state index contributed by atoms with van der Waals surface area (Å²) in [5.74, 6) is 1.04. The van der Waals surface area contributed by atoms with Crippen LogP contribution in [0.15, 0.2) is 27.8 Å². The number of aromatic amines is 1. The lowest BCUT2D eigenvalue weighted by atomic mass is 10.0. The minimum absolute atomic E-state index is 0.0118. The van der Waals surface area contributed by atoms with Gasteiger partial charge in [-0.15, -0.1) is 0 Å². The van der Waals surface area contributed by atoms with E-state index in [1.54, 1.807) is 18.0 Å². The van der Waals surface area contributed by atoms with Gasteiger partial charge in [0.25, 0.3) is 11.5 Å². The molecule has 2 N–H and O–H groups in total. The highest BCUT2D eigenvalue weighted by molar-refractivity contribution is 6.10. The van der Waals surface area contributed by atoms with Crippen LogP contribution in [-0.4, -0.2) is 37.8 Å². The number of fused-ring (bicyclic) bond motifs is 2. The maximum Gasteiger partial charge on any atom is 0.258 e. The number of H-pyrrole nitrogens is 1. The molecule has 8 heteroatoms. The second-order valence-electron chi connectivity index (χ2n) is 7.91. The molecule has 0 saturated heterocycles. The molecule has 0 aromatic carbocycles. The van der Waals surface area contributed by atoms with E-state index in [1.807, 2.05) is 6.07 Å². The van der Waals surface area contributed by atoms with E-state index >= 15 is 0 Å². The van der Waals surface area contributed by atoms with Gasteiger partial charge in [0.05, 0.1) is 10.9 Å². The van der Waals surface area contributed by atoms with Gasteiger partial charge < -0.3 is 19.6 Å². The van der Waals surface area contributed by atoms with Gasteiger partial charge in [-0.2, -0.15) is 0 Å². The van der Waals surface area contributed by atoms with Crippen molar-refractivity contribution in [2.24, 2.45) is 0 Å². The van der Waals surface area contributed by atoms with Crippen LogP contribution in [0.5, 0.6) is 0 Å². The summed E-state index contributed by atoms with van der Waals surface area (Å²) in [7, 11) is 0. The Balaban J connectivity index is 1.55. The number of furan rings is 1. The van der Waals surface area contributed by atoms with Crippen LogP contribution in [-0.2, 0) is 13.0 Å². The SMILES string of the molecule is Cc1oc2ncnc(NC3(C)CC3)c2c1C(=O)N1CCc2c(cc[nH]c2=O)C1. The van der Waals surface area contributed by atoms with E-state index in [-0.39, 0.29) is 17.0 Å². The molecule has 28 heavy (non-hydrogen) atoms. The molecule has 1 fully saturated rings. The standard InChI is InChI=1S/C20H21N5O3/c1-11-14(15-16(24-20(2)5-6-20)22-10-23-18(15)28-11)19(27)25-8-4-13-12(9-25)3-7-21-17(13)26/h3,7,10H,4-6,8-9H2,1-2H3,(H,21,26)(H,22,23,24). The van der Waals surface area contributed by atoms with Gasteiger partial charge in [-0.25, -0.2) is 9.97 Å². The van der Waals surface area contributed by atoms with E-state index in [0.29, 0.717) is 47.8 Å². The molecule has 1 aliphatic carbocycles. The third kappa shape index (κ3) is 2.67. The van der Waals surface area contributed by atoms with Crippen molar-refractivity contribution in [1.29, 1.82) is 0 Å². The van der Waals surface area contributed by atoms with Crippen molar-refractivity contribution >= 4 is 22.8 Å². The van der Waals surface area contributed by atoms with E-state index < -0.39 is 0 Å². The Bertz CT molecular complexity index is 1160. The van der Waals surface area contributed by atoms with E-state index in [4.69, 9.17) is 4.42 Å². The lowest BCUT2D eigenvalue weighted by Gasteiger charge is -2.28. The van der Waals surface area contributed by atoms with Crippen molar-refractivity contribution in [2.45, 2.75) is 45.2 Å². The number of aryl methyl sites for hydroxylation is 1. The van der Waals surface area contributed by atoms with Gasteiger partial charge in [0.15, 0.2) is 0 Å². The molecule has 144 valence electrons. The smallest absolute Gasteiger partial charge is 0.258 e. The number of carbonyl (C=O) groups excluding carboxylic acids is 1. The van der Waals surface area contributed by atoms with Crippen molar-refractivity contribution in [3.05, 3.63) is 51.4 Å². The summed E-state index contributed by atoms with van der Waals surface area (Å²) in [4.78, 5) is 38.5. The average Bonchev–Trinajstić information content (AvgIpc) is 3.29. The van der Waals surface area contributed by atoms with Crippen LogP contribution in [0.3, 0.4) is 0 Å². The molecular formula is C20H21N5O3. The fraction of sp³-hybridized carbons (Fsp3) is 0.400. The molecule has 1 saturated carbocycles. The van der Waals surface area contributed by atoms with E-state index in [0.717, 1.165) is 24.0 Å². The molecule has 5 rings (SSSR count). The summed E-state index contributed by atoms with van der Waals surface area (Å²) in [5.41, 5.74) is 2.48. The Hall–Kier alpha value is -3.16. The first-order valence-electron chi connectivity index (χ1n) is 9.46. The van der Waals surface area contributed by atoms with Crippen LogP contribution in [0.4, 0.5) is 5.82 Å². The predicted octanol–water partition coefficient (Wildman–Crippen LogP) is 2.38. The zero-order valence-corrected chi connectivity index (χ0v) is 15.8. The average molecular weight is 379 g/mol. The summed E-state index contributed by atoms with van der Waals surface area (Å²) >= 11 is 0. The first-order chi connectivity index (χ1) is 13.5. The molecule has 0 atom stereocenters. The topological polar surface area (TPSA) is 104 Å². The monoisotopic (exact) mass is 379 g/mol. The van der Waals surface area contributed by atoms with E-state index in [2.05, 4.69) is 27.2 Å². The lowest BCUT2D eigenvalue weighted by Crippen LogP contribution is -2.38. The van der Waals surface area contributed by atoms with Crippen molar-refractivity contribution in [1.82, 2.24) is 19.9 Å². The number of carbonyl (C=O) groups is 1. The third-order valence-electron chi connectivity index (χ3n) is 5.74. The summed E-state index contributed by atoms with van der Waals surface area (Å²) in [5, 5.41) is 4.08. The maximum atomic E-state index is 13.4. The highest BCUT2D eigenvalue weighted by atomic mass is 16.3. The van der Waals surface area contributed by atoms with Crippen LogP contribution in [0.2, 0.25) is 0 Å². The van der Waals surface area contributed by atoms with Crippen LogP contribution < -0.4 is 10.9 Å². The Labute approximate surface area is 161 Å². The Morgan fingerprint density at radius 2 is 2.18 bits per heavy atom. The minimum Gasteiger partial charge on any atom is -0.442 e. The fourth-order valence-corrected chi connectivity index (χ4v) is 3.83. The van der Waals surface area contributed by atoms with Crippen LogP contribution in [0, 0.1) is 6.92 Å². The number of nitrogens with one attached hydrogen (secondary N) is 2. The number of aromatic nitrogens is 3. The van der Waals surface area contributed by atoms with Crippen LogP contribution in [0.25, 0.3) is 11.1 Å². The van der Waals surface area contributed by atoms with Gasteiger partial charge >= 0.3 is 0 Å². The van der Waals surface area contributed by atoms with Crippen molar-refractivity contribution in [2.75, 3.05) is 11.9 Å². The van der Waals surface area contributed by atoms with Crippen molar-refractivity contribution < 1.29 is 9.21 Å². The normalized spacial score (nSPS) is 17.4. The van der Waals surface area contributed by atoms with E-state index in [9.17, 15) is 9.59 Å². The second-order valence-corrected chi connectivity index (χ2v) is 7.91. The Morgan fingerprint density at radius 3 is 2.96 bits per heavy atom. The number of rotatable bonds is 3. The number of amides is 1. The highest BCUT2D eigenvalue weighted by Gasteiger charge is 2.39. The van der Waals surface area contributed by atoms with E-state index in [1.165, 1.54) is 6.33 Å². The summed E-state index contributed by atoms with van der Waals surface area (Å²) in [6.45, 7) is 4.80. The number of nitrogens with zero attached hydrogens (tertiary/aromatic N) is 3. The van der Waals surface area contributed by atoms with Gasteiger partial charge in [0.1, 0.15) is 17.9 Å². The fourth-order valence-electron chi connectivity index (χ4n) is 3.83. The zero-order valence-electron chi connectivity index (χ0n) is 15.8. The molecule has 8 nitrogen and oxygen atoms in total.